The average molecular weight is 396 g/mol. The van der Waals surface area contributed by atoms with Gasteiger partial charge in [-0.1, -0.05) is 44.1 Å². The Morgan fingerprint density at radius 3 is 1.40 bits per heavy atom. The van der Waals surface area contributed by atoms with Crippen LogP contribution in [-0.4, -0.2) is 38.0 Å². The van der Waals surface area contributed by atoms with Crippen LogP contribution in [0, 0.1) is 5.92 Å². The maximum atomic E-state index is 12.8. The number of alkyl halides is 7. The third kappa shape index (κ3) is 21.4. The van der Waals surface area contributed by atoms with Gasteiger partial charge in [-0.05, 0) is 20.8 Å². The number of hydrogen-bond acceptors (Lipinski definition) is 2. The van der Waals surface area contributed by atoms with Crippen molar-refractivity contribution in [3.63, 3.8) is 0 Å². The van der Waals surface area contributed by atoms with E-state index in [0.29, 0.717) is 13.8 Å². The lowest BCUT2D eigenvalue weighted by molar-refractivity contribution is -0.485. The molecule has 9 heteroatoms. The van der Waals surface area contributed by atoms with Crippen LogP contribution in [0.25, 0.3) is 0 Å². The van der Waals surface area contributed by atoms with E-state index in [4.69, 9.17) is 0 Å². The van der Waals surface area contributed by atoms with Gasteiger partial charge in [0.1, 0.15) is 0 Å². The van der Waals surface area contributed by atoms with Crippen molar-refractivity contribution in [1.82, 2.24) is 0 Å². The quantitative estimate of drug-likeness (QED) is 0.325. The normalized spacial score (nSPS) is 11.6. The van der Waals surface area contributed by atoms with Crippen molar-refractivity contribution in [3.05, 3.63) is 0 Å². The molecule has 0 amide bonds. The first-order valence-corrected chi connectivity index (χ1v) is 5.73. The molecule has 25 heavy (non-hydrogen) atoms. The standard InChI is InChI=1S/C9H14F6O2.C2H5F.5CH4/c1-6(4-10)5-16-9(14,15)17-8(12,13)7(2,3)11;1-2-3;;;;;/h6H,4-5H2,1-3H3;2H2,1H3;5*1H4. The lowest BCUT2D eigenvalue weighted by Gasteiger charge is -2.29. The van der Waals surface area contributed by atoms with Crippen LogP contribution in [0.2, 0.25) is 0 Å². The molecule has 0 aromatic heterocycles. The molecule has 0 fully saturated rings. The summed E-state index contributed by atoms with van der Waals surface area (Å²) in [6.45, 7) is 1.42. The first-order chi connectivity index (χ1) is 8.83. The molecule has 1 unspecified atom stereocenters. The van der Waals surface area contributed by atoms with Crippen molar-refractivity contribution in [3.8, 4) is 0 Å². The van der Waals surface area contributed by atoms with Crippen molar-refractivity contribution in [2.75, 3.05) is 20.0 Å². The van der Waals surface area contributed by atoms with Gasteiger partial charge in [-0.3, -0.25) is 13.5 Å². The average Bonchev–Trinajstić information content (AvgIpc) is 2.24. The van der Waals surface area contributed by atoms with E-state index in [1.165, 1.54) is 13.8 Å². The van der Waals surface area contributed by atoms with E-state index in [2.05, 4.69) is 9.47 Å². The summed E-state index contributed by atoms with van der Waals surface area (Å²) in [5.41, 5.74) is -3.30. The van der Waals surface area contributed by atoms with E-state index in [-0.39, 0.29) is 43.8 Å². The first-order valence-electron chi connectivity index (χ1n) is 5.73. The molecule has 0 heterocycles. The predicted octanol–water partition coefficient (Wildman–Crippen LogP) is 7.67. The zero-order valence-electron chi connectivity index (χ0n) is 11.7. The minimum Gasteiger partial charge on any atom is -0.295 e. The fourth-order valence-corrected chi connectivity index (χ4v) is 0.584. The van der Waals surface area contributed by atoms with E-state index in [1.807, 2.05) is 0 Å². The molecule has 0 N–H and O–H groups in total. The van der Waals surface area contributed by atoms with Crippen LogP contribution >= 0.6 is 0 Å². The van der Waals surface area contributed by atoms with Crippen LogP contribution in [-0.2, 0) is 9.47 Å². The Labute approximate surface area is 150 Å². The molecule has 0 radical (unpaired) electrons. The zero-order chi connectivity index (χ0) is 16.6. The van der Waals surface area contributed by atoms with Gasteiger partial charge in [0.05, 0.1) is 20.0 Å². The van der Waals surface area contributed by atoms with Gasteiger partial charge in [-0.15, -0.1) is 8.78 Å². The van der Waals surface area contributed by atoms with Gasteiger partial charge in [0.15, 0.2) is 5.67 Å². The number of rotatable bonds is 7. The van der Waals surface area contributed by atoms with Gasteiger partial charge in [0.25, 0.3) is 0 Å². The monoisotopic (exact) mass is 396 g/mol. The summed E-state index contributed by atoms with van der Waals surface area (Å²) < 4.78 is 92.8. The van der Waals surface area contributed by atoms with E-state index in [0.717, 1.165) is 0 Å². The van der Waals surface area contributed by atoms with Crippen LogP contribution in [0.1, 0.15) is 64.8 Å². The molecule has 2 nitrogen and oxygen atoms in total. The molecular weight excluding hydrogens is 357 g/mol. The molecule has 0 aromatic carbocycles. The lowest BCUT2D eigenvalue weighted by Crippen LogP contribution is -2.47. The summed E-state index contributed by atoms with van der Waals surface area (Å²) >= 11 is 0. The second-order valence-electron chi connectivity index (χ2n) is 4.39. The van der Waals surface area contributed by atoms with E-state index < -0.39 is 37.3 Å². The van der Waals surface area contributed by atoms with E-state index in [9.17, 15) is 30.7 Å². The van der Waals surface area contributed by atoms with Gasteiger partial charge < -0.3 is 0 Å². The van der Waals surface area contributed by atoms with Crippen molar-refractivity contribution in [2.24, 2.45) is 5.92 Å². The van der Waals surface area contributed by atoms with Gasteiger partial charge in [-0.25, -0.2) is 9.13 Å². The molecule has 0 bridgehead atoms. The Bertz CT molecular complexity index is 257. The van der Waals surface area contributed by atoms with Crippen molar-refractivity contribution < 1.29 is 40.2 Å². The fraction of sp³-hybridized carbons (Fsp3) is 1.00. The van der Waals surface area contributed by atoms with Crippen LogP contribution in [0.3, 0.4) is 0 Å². The van der Waals surface area contributed by atoms with Crippen LogP contribution < -0.4 is 0 Å². The zero-order valence-corrected chi connectivity index (χ0v) is 11.7. The highest BCUT2D eigenvalue weighted by molar-refractivity contribution is 4.77. The topological polar surface area (TPSA) is 18.5 Å². The van der Waals surface area contributed by atoms with E-state index in [1.54, 1.807) is 0 Å². The Kier molecular flexibility index (Phi) is 32.2. The van der Waals surface area contributed by atoms with Crippen LogP contribution in [0.5, 0.6) is 0 Å². The maximum absolute atomic E-state index is 12.8. The first kappa shape index (κ1) is 44.1. The second-order valence-corrected chi connectivity index (χ2v) is 4.39. The summed E-state index contributed by atoms with van der Waals surface area (Å²) in [4.78, 5) is 0. The number of ether oxygens (including phenoxy) is 2. The molecule has 0 spiro atoms. The third-order valence-electron chi connectivity index (χ3n) is 1.74. The Balaban J connectivity index is -0.0000000753. The molecule has 0 rings (SSSR count). The minimum absolute atomic E-state index is 0. The smallest absolute Gasteiger partial charge is 0.295 e. The summed E-state index contributed by atoms with van der Waals surface area (Å²) in [7, 11) is 0. The molecule has 0 aliphatic rings. The Hall–Kier alpha value is -0.570. The van der Waals surface area contributed by atoms with Crippen molar-refractivity contribution >= 4 is 0 Å². The SMILES string of the molecule is C.C.C.C.C.CC(CF)COC(F)(F)OC(F)(F)C(C)(C)F.CCF. The van der Waals surface area contributed by atoms with Gasteiger partial charge in [-0.2, -0.15) is 8.78 Å². The third-order valence-corrected chi connectivity index (χ3v) is 1.74. The van der Waals surface area contributed by atoms with Crippen molar-refractivity contribution in [2.45, 2.75) is 82.9 Å². The molecular formula is C16H39F7O2. The largest absolute Gasteiger partial charge is 0.490 e. The number of hydrogen-bond donors (Lipinski definition) is 0. The van der Waals surface area contributed by atoms with E-state index >= 15 is 0 Å². The summed E-state index contributed by atoms with van der Waals surface area (Å²) in [5.74, 6) is -0.906. The highest BCUT2D eigenvalue weighted by Gasteiger charge is 2.56. The lowest BCUT2D eigenvalue weighted by atomic mass is 10.1. The molecule has 0 aromatic rings. The summed E-state index contributed by atoms with van der Waals surface area (Å²) in [6, 6.07) is 0. The molecule has 0 saturated carbocycles. The summed E-state index contributed by atoms with van der Waals surface area (Å²) in [6.07, 6.45) is -9.41. The van der Waals surface area contributed by atoms with Gasteiger partial charge in [0.2, 0.25) is 0 Å². The minimum atomic E-state index is -4.73. The molecule has 0 saturated heterocycles. The molecule has 1 atom stereocenters. The molecule has 0 aliphatic heterocycles. The van der Waals surface area contributed by atoms with Gasteiger partial charge >= 0.3 is 12.4 Å². The van der Waals surface area contributed by atoms with Crippen LogP contribution in [0.4, 0.5) is 30.7 Å². The Morgan fingerprint density at radius 1 is 0.840 bits per heavy atom. The number of halogens is 7. The summed E-state index contributed by atoms with van der Waals surface area (Å²) in [5, 5.41) is 0. The second kappa shape index (κ2) is 18.2. The van der Waals surface area contributed by atoms with Crippen LogP contribution in [0.15, 0.2) is 0 Å². The maximum Gasteiger partial charge on any atom is 0.490 e. The fourth-order valence-electron chi connectivity index (χ4n) is 0.584. The highest BCUT2D eigenvalue weighted by atomic mass is 19.3. The van der Waals surface area contributed by atoms with Crippen molar-refractivity contribution in [1.29, 1.82) is 0 Å². The van der Waals surface area contributed by atoms with Gasteiger partial charge in [0, 0.05) is 5.92 Å². The Morgan fingerprint density at radius 2 is 1.16 bits per heavy atom. The highest BCUT2D eigenvalue weighted by Crippen LogP contribution is 2.38. The molecule has 0 aliphatic carbocycles. The predicted molar refractivity (Wildman–Crippen MR) is 92.6 cm³/mol. The molecule has 164 valence electrons.